The number of nitrogens with one attached hydrogen (secondary N) is 1. The monoisotopic (exact) mass is 493 g/mol. The van der Waals surface area contributed by atoms with Crippen LogP contribution in [0.5, 0.6) is 5.75 Å². The number of esters is 1. The molecule has 9 nitrogen and oxygen atoms in total. The molecule has 0 unspecified atom stereocenters. The molecule has 1 aliphatic carbocycles. The Balaban J connectivity index is 1.52. The zero-order chi connectivity index (χ0) is 25.7. The lowest BCUT2D eigenvalue weighted by Gasteiger charge is -2.33. The van der Waals surface area contributed by atoms with E-state index in [-0.39, 0.29) is 25.0 Å². The summed E-state index contributed by atoms with van der Waals surface area (Å²) in [4.78, 5) is 54.6. The van der Waals surface area contributed by atoms with Crippen LogP contribution in [0.4, 0.5) is 16.2 Å². The van der Waals surface area contributed by atoms with Gasteiger partial charge in [0.05, 0.1) is 31.4 Å². The van der Waals surface area contributed by atoms with Gasteiger partial charge in [-0.3, -0.25) is 9.59 Å². The molecule has 2 aliphatic rings. The fourth-order valence-electron chi connectivity index (χ4n) is 4.83. The van der Waals surface area contributed by atoms with Gasteiger partial charge < -0.3 is 19.7 Å². The van der Waals surface area contributed by atoms with E-state index in [0.29, 0.717) is 22.7 Å². The predicted molar refractivity (Wildman–Crippen MR) is 134 cm³/mol. The van der Waals surface area contributed by atoms with E-state index in [1.165, 1.54) is 4.90 Å². The maximum atomic E-state index is 13.5. The first kappa shape index (κ1) is 25.2. The SMILES string of the molecule is CCOC(=O)c1ccc(NC(=O)C[C@H]2C(=O)N(c3ccc(OC)cc3)C(=O)N2C2CCCCC2)cc1. The van der Waals surface area contributed by atoms with Crippen LogP contribution in [0.2, 0.25) is 0 Å². The standard InChI is InChI=1S/C27H31N3O6/c1-3-36-26(33)18-9-11-19(12-10-18)28-24(31)17-23-25(32)30(21-13-15-22(35-2)16-14-21)27(34)29(23)20-7-5-4-6-8-20/h9-16,20,23H,3-8,17H2,1-2H3,(H,28,31)/t23-/m0/s1. The third-order valence-electron chi connectivity index (χ3n) is 6.61. The largest absolute Gasteiger partial charge is 0.497 e. The zero-order valence-electron chi connectivity index (χ0n) is 20.6. The summed E-state index contributed by atoms with van der Waals surface area (Å²) < 4.78 is 10.2. The van der Waals surface area contributed by atoms with Crippen molar-refractivity contribution in [3.63, 3.8) is 0 Å². The van der Waals surface area contributed by atoms with Crippen molar-refractivity contribution in [1.82, 2.24) is 4.90 Å². The van der Waals surface area contributed by atoms with Gasteiger partial charge in [-0.25, -0.2) is 14.5 Å². The predicted octanol–water partition coefficient (Wildman–Crippen LogP) is 4.37. The molecule has 1 saturated heterocycles. The number of ether oxygens (including phenoxy) is 2. The summed E-state index contributed by atoms with van der Waals surface area (Å²) in [6.07, 6.45) is 4.52. The summed E-state index contributed by atoms with van der Waals surface area (Å²) >= 11 is 0. The maximum absolute atomic E-state index is 13.5. The highest BCUT2D eigenvalue weighted by molar-refractivity contribution is 6.22. The third kappa shape index (κ3) is 5.35. The molecule has 1 heterocycles. The van der Waals surface area contributed by atoms with Gasteiger partial charge in [-0.15, -0.1) is 0 Å². The van der Waals surface area contributed by atoms with E-state index in [9.17, 15) is 19.2 Å². The topological polar surface area (TPSA) is 105 Å². The Morgan fingerprint density at radius 2 is 1.64 bits per heavy atom. The van der Waals surface area contributed by atoms with Gasteiger partial charge in [0.15, 0.2) is 0 Å². The molecule has 9 heteroatoms. The highest BCUT2D eigenvalue weighted by Crippen LogP contribution is 2.34. The number of benzene rings is 2. The second-order valence-corrected chi connectivity index (χ2v) is 8.92. The van der Waals surface area contributed by atoms with Gasteiger partial charge in [-0.05, 0) is 68.3 Å². The first-order valence-corrected chi connectivity index (χ1v) is 12.3. The Labute approximate surface area is 210 Å². The van der Waals surface area contributed by atoms with Crippen molar-refractivity contribution in [2.75, 3.05) is 23.9 Å². The molecule has 2 fully saturated rings. The molecular weight excluding hydrogens is 462 g/mol. The van der Waals surface area contributed by atoms with E-state index in [1.54, 1.807) is 67.5 Å². The number of carbonyl (C=O) groups is 4. The average molecular weight is 494 g/mol. The summed E-state index contributed by atoms with van der Waals surface area (Å²) in [6, 6.07) is 11.7. The Hall–Kier alpha value is -3.88. The maximum Gasteiger partial charge on any atom is 0.338 e. The van der Waals surface area contributed by atoms with Crippen molar-refractivity contribution in [2.45, 2.75) is 57.5 Å². The van der Waals surface area contributed by atoms with Crippen molar-refractivity contribution < 1.29 is 28.7 Å². The lowest BCUT2D eigenvalue weighted by Crippen LogP contribution is -2.45. The number of methoxy groups -OCH3 is 1. The third-order valence-corrected chi connectivity index (χ3v) is 6.61. The van der Waals surface area contributed by atoms with E-state index in [0.717, 1.165) is 32.1 Å². The molecule has 0 radical (unpaired) electrons. The molecular formula is C27H31N3O6. The molecule has 4 amide bonds. The molecule has 0 spiro atoms. The number of hydrogen-bond acceptors (Lipinski definition) is 6. The van der Waals surface area contributed by atoms with Crippen LogP contribution in [0.15, 0.2) is 48.5 Å². The first-order valence-electron chi connectivity index (χ1n) is 12.3. The van der Waals surface area contributed by atoms with Crippen LogP contribution in [0, 0.1) is 0 Å². The molecule has 4 rings (SSSR count). The Kier molecular flexibility index (Phi) is 7.87. The molecule has 1 aliphatic heterocycles. The number of urea groups is 1. The van der Waals surface area contributed by atoms with Crippen LogP contribution in [0.25, 0.3) is 0 Å². The first-order chi connectivity index (χ1) is 17.4. The molecule has 1 saturated carbocycles. The molecule has 0 bridgehead atoms. The number of imide groups is 1. The molecule has 2 aromatic rings. The van der Waals surface area contributed by atoms with Crippen LogP contribution in [0.3, 0.4) is 0 Å². The van der Waals surface area contributed by atoms with Crippen LogP contribution in [0.1, 0.15) is 55.8 Å². The summed E-state index contributed by atoms with van der Waals surface area (Å²) in [6.45, 7) is 2.00. The number of hydrogen-bond donors (Lipinski definition) is 1. The Bertz CT molecular complexity index is 1110. The highest BCUT2D eigenvalue weighted by atomic mass is 16.5. The lowest BCUT2D eigenvalue weighted by molar-refractivity contribution is -0.125. The molecule has 1 N–H and O–H groups in total. The van der Waals surface area contributed by atoms with E-state index in [1.807, 2.05) is 0 Å². The van der Waals surface area contributed by atoms with Crippen LogP contribution in [-0.2, 0) is 14.3 Å². The van der Waals surface area contributed by atoms with Crippen molar-refractivity contribution in [3.05, 3.63) is 54.1 Å². The van der Waals surface area contributed by atoms with Gasteiger partial charge >= 0.3 is 12.0 Å². The minimum Gasteiger partial charge on any atom is -0.497 e. The molecule has 0 aromatic heterocycles. The van der Waals surface area contributed by atoms with E-state index < -0.39 is 23.9 Å². The highest BCUT2D eigenvalue weighted by Gasteiger charge is 2.49. The second kappa shape index (κ2) is 11.2. The molecule has 1 atom stereocenters. The second-order valence-electron chi connectivity index (χ2n) is 8.92. The Morgan fingerprint density at radius 3 is 2.25 bits per heavy atom. The molecule has 36 heavy (non-hydrogen) atoms. The number of anilines is 2. The average Bonchev–Trinajstić information content (AvgIpc) is 3.13. The zero-order valence-corrected chi connectivity index (χ0v) is 20.6. The van der Waals surface area contributed by atoms with Gasteiger partial charge in [0.25, 0.3) is 5.91 Å². The van der Waals surface area contributed by atoms with Gasteiger partial charge in [0, 0.05) is 11.7 Å². The molecule has 2 aromatic carbocycles. The van der Waals surface area contributed by atoms with Gasteiger partial charge in [-0.1, -0.05) is 19.3 Å². The summed E-state index contributed by atoms with van der Waals surface area (Å²) in [5.74, 6) is -0.620. The van der Waals surface area contributed by atoms with Gasteiger partial charge in [0.2, 0.25) is 5.91 Å². The fraction of sp³-hybridized carbons (Fsp3) is 0.407. The minimum absolute atomic E-state index is 0.0832. The fourth-order valence-corrected chi connectivity index (χ4v) is 4.83. The van der Waals surface area contributed by atoms with E-state index in [2.05, 4.69) is 5.32 Å². The Morgan fingerprint density at radius 1 is 0.972 bits per heavy atom. The lowest BCUT2D eigenvalue weighted by atomic mass is 9.93. The van der Waals surface area contributed by atoms with Crippen LogP contribution in [-0.4, -0.2) is 54.5 Å². The van der Waals surface area contributed by atoms with Gasteiger partial charge in [-0.2, -0.15) is 0 Å². The van der Waals surface area contributed by atoms with Crippen molar-refractivity contribution in [1.29, 1.82) is 0 Å². The van der Waals surface area contributed by atoms with Crippen molar-refractivity contribution in [3.8, 4) is 5.75 Å². The summed E-state index contributed by atoms with van der Waals surface area (Å²) in [5, 5.41) is 2.78. The molecule has 190 valence electrons. The van der Waals surface area contributed by atoms with Crippen LogP contribution < -0.4 is 15.0 Å². The minimum atomic E-state index is -0.887. The van der Waals surface area contributed by atoms with Crippen molar-refractivity contribution in [2.24, 2.45) is 0 Å². The smallest absolute Gasteiger partial charge is 0.338 e. The number of carbonyl (C=O) groups excluding carboxylic acids is 4. The van der Waals surface area contributed by atoms with E-state index >= 15 is 0 Å². The summed E-state index contributed by atoms with van der Waals surface area (Å²) in [5.41, 5.74) is 1.31. The quantitative estimate of drug-likeness (QED) is 0.432. The number of amides is 4. The van der Waals surface area contributed by atoms with Crippen LogP contribution >= 0.6 is 0 Å². The number of rotatable bonds is 8. The summed E-state index contributed by atoms with van der Waals surface area (Å²) in [7, 11) is 1.55. The number of nitrogens with zero attached hydrogens (tertiary/aromatic N) is 2. The van der Waals surface area contributed by atoms with E-state index in [4.69, 9.17) is 9.47 Å². The normalized spacial score (nSPS) is 18.3. The van der Waals surface area contributed by atoms with Gasteiger partial charge in [0.1, 0.15) is 11.8 Å². The van der Waals surface area contributed by atoms with Crippen molar-refractivity contribution >= 4 is 35.2 Å².